The summed E-state index contributed by atoms with van der Waals surface area (Å²) in [5.74, 6) is 0.948. The lowest BCUT2D eigenvalue weighted by atomic mass is 10.1. The summed E-state index contributed by atoms with van der Waals surface area (Å²) in [5.41, 5.74) is -0.276. The molecule has 1 unspecified atom stereocenters. The van der Waals surface area contributed by atoms with Crippen molar-refractivity contribution in [3.8, 4) is 0 Å². The van der Waals surface area contributed by atoms with Gasteiger partial charge in [-0.3, -0.25) is 4.79 Å². The van der Waals surface area contributed by atoms with Crippen LogP contribution in [0.25, 0.3) is 0 Å². The molecule has 8 nitrogen and oxygen atoms in total. The number of carbonyl (C=O) groups is 2. The number of urea groups is 1. The molecule has 1 aromatic heterocycles. The minimum Gasteiger partial charge on any atom is -0.355 e. The lowest BCUT2D eigenvalue weighted by Gasteiger charge is -2.41. The van der Waals surface area contributed by atoms with Gasteiger partial charge in [-0.2, -0.15) is 0 Å². The number of amides is 3. The van der Waals surface area contributed by atoms with Crippen molar-refractivity contribution in [2.45, 2.75) is 77.0 Å². The summed E-state index contributed by atoms with van der Waals surface area (Å²) in [5, 5.41) is 6.79. The predicted octanol–water partition coefficient (Wildman–Crippen LogP) is 3.94. The van der Waals surface area contributed by atoms with Gasteiger partial charge in [0.15, 0.2) is 5.16 Å². The lowest BCUT2D eigenvalue weighted by molar-refractivity contribution is -0.118. The van der Waals surface area contributed by atoms with E-state index in [4.69, 9.17) is 11.6 Å². The van der Waals surface area contributed by atoms with E-state index in [1.807, 2.05) is 32.6 Å². The van der Waals surface area contributed by atoms with Gasteiger partial charge in [0.25, 0.3) is 0 Å². The van der Waals surface area contributed by atoms with Crippen LogP contribution in [0.3, 0.4) is 0 Å². The average molecular weight is 485 g/mol. The van der Waals surface area contributed by atoms with Gasteiger partial charge < -0.3 is 20.4 Å². The zero-order valence-electron chi connectivity index (χ0n) is 19.9. The largest absolute Gasteiger partial charge is 0.355 e. The van der Waals surface area contributed by atoms with Gasteiger partial charge in [0.05, 0.1) is 5.75 Å². The third-order valence-corrected chi connectivity index (χ3v) is 6.08. The molecule has 1 aromatic rings. The Hall–Kier alpha value is -1.74. The number of hydrogen-bond donors (Lipinski definition) is 2. The van der Waals surface area contributed by atoms with Gasteiger partial charge in [0.1, 0.15) is 11.0 Å². The molecule has 0 spiro atoms. The Morgan fingerprint density at radius 1 is 1.22 bits per heavy atom. The average Bonchev–Trinajstić information content (AvgIpc) is 2.70. The molecule has 10 heteroatoms. The lowest BCUT2D eigenvalue weighted by Crippen LogP contribution is -2.59. The molecule has 0 aromatic carbocycles. The Balaban J connectivity index is 1.89. The van der Waals surface area contributed by atoms with E-state index in [2.05, 4.69) is 32.4 Å². The maximum Gasteiger partial charge on any atom is 0.318 e. The second kappa shape index (κ2) is 12.5. The molecular formula is C22H37ClN6O2S. The molecule has 0 aliphatic carbocycles. The van der Waals surface area contributed by atoms with E-state index in [1.54, 1.807) is 6.07 Å². The molecular weight excluding hydrogens is 448 g/mol. The Labute approximate surface area is 201 Å². The summed E-state index contributed by atoms with van der Waals surface area (Å²) < 4.78 is 0. The third kappa shape index (κ3) is 9.02. The molecule has 2 heterocycles. The SMILES string of the molecule is CCCCCCNC(=O)CSc1nc(Cl)cc(N2CCN(C(=O)NC(C)(C)C)C(C)C2)n1. The molecule has 180 valence electrons. The van der Waals surface area contributed by atoms with Crippen molar-refractivity contribution in [2.24, 2.45) is 0 Å². The Morgan fingerprint density at radius 2 is 1.97 bits per heavy atom. The molecule has 1 aliphatic rings. The molecule has 0 bridgehead atoms. The van der Waals surface area contributed by atoms with E-state index in [0.717, 1.165) is 18.7 Å². The van der Waals surface area contributed by atoms with Crippen LogP contribution in [0.2, 0.25) is 5.15 Å². The molecule has 1 fully saturated rings. The highest BCUT2D eigenvalue weighted by Gasteiger charge is 2.30. The number of carbonyl (C=O) groups excluding carboxylic acids is 2. The van der Waals surface area contributed by atoms with Crippen LogP contribution in [0.15, 0.2) is 11.2 Å². The number of aromatic nitrogens is 2. The van der Waals surface area contributed by atoms with Crippen LogP contribution in [-0.2, 0) is 4.79 Å². The smallest absolute Gasteiger partial charge is 0.318 e. The van der Waals surface area contributed by atoms with Gasteiger partial charge in [0, 0.05) is 43.8 Å². The number of nitrogens with zero attached hydrogens (tertiary/aromatic N) is 4. The summed E-state index contributed by atoms with van der Waals surface area (Å²) in [6.45, 7) is 12.7. The maximum absolute atomic E-state index is 12.6. The number of anilines is 1. The molecule has 0 radical (unpaired) electrons. The summed E-state index contributed by atoms with van der Waals surface area (Å²) in [7, 11) is 0. The normalized spacial score (nSPS) is 16.8. The summed E-state index contributed by atoms with van der Waals surface area (Å²) in [4.78, 5) is 37.5. The van der Waals surface area contributed by atoms with E-state index in [9.17, 15) is 9.59 Å². The number of unbranched alkanes of at least 4 members (excludes halogenated alkanes) is 3. The Bertz CT molecular complexity index is 773. The molecule has 2 rings (SSSR count). The second-order valence-corrected chi connectivity index (χ2v) is 10.5. The standard InChI is InChI=1S/C22H37ClN6O2S/c1-6-7-8-9-10-24-19(30)15-32-20-25-17(23)13-18(26-20)28-11-12-29(16(2)14-28)21(31)27-22(3,4)5/h13,16H,6-12,14-15H2,1-5H3,(H,24,30)(H,27,31). The van der Waals surface area contributed by atoms with Crippen molar-refractivity contribution in [2.75, 3.05) is 36.8 Å². The van der Waals surface area contributed by atoms with Crippen LogP contribution in [-0.4, -0.2) is 70.3 Å². The highest BCUT2D eigenvalue weighted by Crippen LogP contribution is 2.24. The Kier molecular flexibility index (Phi) is 10.3. The van der Waals surface area contributed by atoms with Gasteiger partial charge in [-0.05, 0) is 34.1 Å². The first-order valence-corrected chi connectivity index (χ1v) is 12.7. The minimum absolute atomic E-state index is 0.0226. The number of rotatable bonds is 9. The summed E-state index contributed by atoms with van der Waals surface area (Å²) >= 11 is 7.52. The second-order valence-electron chi connectivity index (χ2n) is 9.20. The van der Waals surface area contributed by atoms with Gasteiger partial charge >= 0.3 is 6.03 Å². The number of nitrogens with one attached hydrogen (secondary N) is 2. The molecule has 1 aliphatic heterocycles. The van der Waals surface area contributed by atoms with Gasteiger partial charge in [-0.25, -0.2) is 14.8 Å². The van der Waals surface area contributed by atoms with E-state index < -0.39 is 0 Å². The van der Waals surface area contributed by atoms with Gasteiger partial charge in [-0.15, -0.1) is 0 Å². The zero-order chi connectivity index (χ0) is 23.7. The zero-order valence-corrected chi connectivity index (χ0v) is 21.5. The van der Waals surface area contributed by atoms with Crippen LogP contribution in [0.5, 0.6) is 0 Å². The highest BCUT2D eigenvalue weighted by molar-refractivity contribution is 7.99. The van der Waals surface area contributed by atoms with Crippen molar-refractivity contribution in [3.05, 3.63) is 11.2 Å². The molecule has 2 N–H and O–H groups in total. The first kappa shape index (κ1) is 26.5. The number of halogens is 1. The van der Waals surface area contributed by atoms with E-state index in [0.29, 0.717) is 36.5 Å². The first-order chi connectivity index (χ1) is 15.1. The van der Waals surface area contributed by atoms with Crippen LogP contribution < -0.4 is 15.5 Å². The minimum atomic E-state index is -0.276. The van der Waals surface area contributed by atoms with E-state index in [-0.39, 0.29) is 29.3 Å². The van der Waals surface area contributed by atoms with Crippen LogP contribution >= 0.6 is 23.4 Å². The molecule has 1 atom stereocenters. The topological polar surface area (TPSA) is 90.5 Å². The number of piperazine rings is 1. The monoisotopic (exact) mass is 484 g/mol. The fraction of sp³-hybridized carbons (Fsp3) is 0.727. The fourth-order valence-electron chi connectivity index (χ4n) is 3.43. The van der Waals surface area contributed by atoms with E-state index >= 15 is 0 Å². The van der Waals surface area contributed by atoms with E-state index in [1.165, 1.54) is 24.6 Å². The fourth-order valence-corrected chi connectivity index (χ4v) is 4.34. The number of hydrogen-bond acceptors (Lipinski definition) is 6. The molecule has 32 heavy (non-hydrogen) atoms. The van der Waals surface area contributed by atoms with Crippen molar-refractivity contribution in [1.82, 2.24) is 25.5 Å². The third-order valence-electron chi connectivity index (χ3n) is 5.04. The predicted molar refractivity (Wildman–Crippen MR) is 132 cm³/mol. The summed E-state index contributed by atoms with van der Waals surface area (Å²) in [6.07, 6.45) is 4.50. The van der Waals surface area contributed by atoms with Crippen molar-refractivity contribution < 1.29 is 9.59 Å². The van der Waals surface area contributed by atoms with Crippen molar-refractivity contribution in [1.29, 1.82) is 0 Å². The maximum atomic E-state index is 12.6. The quantitative estimate of drug-likeness (QED) is 0.239. The summed E-state index contributed by atoms with van der Waals surface area (Å²) in [6, 6.07) is 1.70. The van der Waals surface area contributed by atoms with Gasteiger partial charge in [-0.1, -0.05) is 49.5 Å². The molecule has 0 saturated carbocycles. The van der Waals surface area contributed by atoms with Gasteiger partial charge in [0.2, 0.25) is 5.91 Å². The Morgan fingerprint density at radius 3 is 2.62 bits per heavy atom. The van der Waals surface area contributed by atoms with Crippen molar-refractivity contribution >= 4 is 41.1 Å². The first-order valence-electron chi connectivity index (χ1n) is 11.4. The van der Waals surface area contributed by atoms with Crippen LogP contribution in [0.1, 0.15) is 60.3 Å². The van der Waals surface area contributed by atoms with Crippen molar-refractivity contribution in [3.63, 3.8) is 0 Å². The molecule has 1 saturated heterocycles. The molecule has 3 amide bonds. The number of thioether (sulfide) groups is 1. The highest BCUT2D eigenvalue weighted by atomic mass is 35.5. The van der Waals surface area contributed by atoms with Crippen LogP contribution in [0.4, 0.5) is 10.6 Å². The van der Waals surface area contributed by atoms with Crippen LogP contribution in [0, 0.1) is 0 Å².